The summed E-state index contributed by atoms with van der Waals surface area (Å²) in [6, 6.07) is 40.6. The molecule has 0 atom stereocenters. The highest BCUT2D eigenvalue weighted by atomic mass is 32.4. The first-order valence-corrected chi connectivity index (χ1v) is 12.0. The fraction of sp³-hybridized carbons (Fsp3) is 0.0400. The van der Waals surface area contributed by atoms with Gasteiger partial charge in [0.25, 0.3) is 0 Å². The van der Waals surface area contributed by atoms with E-state index in [1.54, 1.807) is 0 Å². The topological polar surface area (TPSA) is 0 Å². The lowest BCUT2D eigenvalue weighted by atomic mass is 10.0. The number of rotatable bonds is 5. The van der Waals surface area contributed by atoms with Gasteiger partial charge in [-0.05, 0) is 21.7 Å². The summed E-state index contributed by atoms with van der Waals surface area (Å²) in [5, 5.41) is 2.51. The van der Waals surface area contributed by atoms with E-state index in [9.17, 15) is 0 Å². The molecule has 27 heavy (non-hydrogen) atoms. The Balaban J connectivity index is 2.03. The van der Waals surface area contributed by atoms with Gasteiger partial charge in [0.05, 0.1) is 0 Å². The second-order valence-corrected chi connectivity index (χ2v) is 11.1. The van der Waals surface area contributed by atoms with Crippen LogP contribution < -0.4 is 10.6 Å². The van der Waals surface area contributed by atoms with Gasteiger partial charge in [-0.3, -0.25) is 0 Å². The molecule has 4 aromatic rings. The molecular formula is C25H21PS. The molecule has 0 fully saturated rings. The lowest BCUT2D eigenvalue weighted by molar-refractivity contribution is 1.14. The minimum atomic E-state index is -2.14. The zero-order valence-corrected chi connectivity index (χ0v) is 16.7. The van der Waals surface area contributed by atoms with Crippen molar-refractivity contribution >= 4 is 28.5 Å². The maximum absolute atomic E-state index is 6.63. The van der Waals surface area contributed by atoms with Gasteiger partial charge >= 0.3 is 0 Å². The summed E-state index contributed by atoms with van der Waals surface area (Å²) in [6.07, 6.45) is 0. The Morgan fingerprint density at radius 3 is 1.07 bits per heavy atom. The molecular weight excluding hydrogens is 363 g/mol. The monoisotopic (exact) mass is 384 g/mol. The predicted molar refractivity (Wildman–Crippen MR) is 121 cm³/mol. The smallest absolute Gasteiger partial charge is 0.0457 e. The van der Waals surface area contributed by atoms with Crippen molar-refractivity contribution < 1.29 is 0 Å². The van der Waals surface area contributed by atoms with Gasteiger partial charge in [-0.1, -0.05) is 133 Å². The van der Waals surface area contributed by atoms with Gasteiger partial charge < -0.3 is 0 Å². The molecule has 0 spiro atoms. The fourth-order valence-electron chi connectivity index (χ4n) is 3.63. The van der Waals surface area contributed by atoms with Crippen molar-refractivity contribution in [2.45, 2.75) is 5.66 Å². The van der Waals surface area contributed by atoms with Crippen LogP contribution in [0, 0.1) is 0 Å². The van der Waals surface area contributed by atoms with Crippen molar-refractivity contribution in [3.63, 3.8) is 0 Å². The van der Waals surface area contributed by atoms with E-state index < -0.39 is 6.04 Å². The molecule has 0 heterocycles. The standard InChI is InChI=1S/C25H21PS/c27-26(23-17-9-3-10-18-23,24-19-11-4-12-20-24)25(21-13-5-1-6-14-21)22-15-7-2-8-16-22/h1-20,25H. The van der Waals surface area contributed by atoms with E-state index in [1.807, 2.05) is 0 Å². The Kier molecular flexibility index (Phi) is 5.34. The lowest BCUT2D eigenvalue weighted by Crippen LogP contribution is -2.22. The molecule has 0 aliphatic heterocycles. The molecule has 0 amide bonds. The van der Waals surface area contributed by atoms with Crippen LogP contribution in [0.4, 0.5) is 0 Å². The minimum absolute atomic E-state index is 0.139. The van der Waals surface area contributed by atoms with Crippen LogP contribution in [0.3, 0.4) is 0 Å². The highest BCUT2D eigenvalue weighted by Crippen LogP contribution is 2.60. The van der Waals surface area contributed by atoms with Crippen molar-refractivity contribution in [1.82, 2.24) is 0 Å². The summed E-state index contributed by atoms with van der Waals surface area (Å²) in [5.41, 5.74) is 2.69. The predicted octanol–water partition coefficient (Wildman–Crippen LogP) is 5.91. The molecule has 0 aromatic heterocycles. The summed E-state index contributed by atoms with van der Waals surface area (Å²) in [4.78, 5) is 0. The third-order valence-electron chi connectivity index (χ3n) is 4.87. The maximum atomic E-state index is 6.63. The quantitative estimate of drug-likeness (QED) is 0.386. The van der Waals surface area contributed by atoms with Crippen LogP contribution in [0.5, 0.6) is 0 Å². The fourth-order valence-corrected chi connectivity index (χ4v) is 8.40. The van der Waals surface area contributed by atoms with E-state index in [-0.39, 0.29) is 5.66 Å². The molecule has 0 bridgehead atoms. The van der Waals surface area contributed by atoms with Gasteiger partial charge in [0, 0.05) is 11.7 Å². The van der Waals surface area contributed by atoms with Gasteiger partial charge in [-0.15, -0.1) is 0 Å². The van der Waals surface area contributed by atoms with Crippen molar-refractivity contribution in [2.24, 2.45) is 0 Å². The van der Waals surface area contributed by atoms with Crippen molar-refractivity contribution in [2.75, 3.05) is 0 Å². The third kappa shape index (κ3) is 3.54. The highest BCUT2D eigenvalue weighted by Gasteiger charge is 2.34. The Morgan fingerprint density at radius 2 is 0.741 bits per heavy atom. The van der Waals surface area contributed by atoms with Crippen LogP contribution in [-0.2, 0) is 11.8 Å². The van der Waals surface area contributed by atoms with Crippen LogP contribution in [0.1, 0.15) is 16.8 Å². The molecule has 0 nitrogen and oxygen atoms in total. The largest absolute Gasteiger partial charge is 0.0866 e. The Bertz CT molecular complexity index is 946. The number of hydrogen-bond donors (Lipinski definition) is 0. The van der Waals surface area contributed by atoms with E-state index in [4.69, 9.17) is 11.8 Å². The first-order valence-electron chi connectivity index (χ1n) is 9.11. The van der Waals surface area contributed by atoms with Gasteiger partial charge in [-0.25, -0.2) is 0 Å². The normalized spacial score (nSPS) is 11.4. The van der Waals surface area contributed by atoms with Crippen LogP contribution in [-0.4, -0.2) is 0 Å². The van der Waals surface area contributed by atoms with Crippen LogP contribution in [0.15, 0.2) is 121 Å². The summed E-state index contributed by atoms with van der Waals surface area (Å²) in [5.74, 6) is 0. The van der Waals surface area contributed by atoms with E-state index >= 15 is 0 Å². The molecule has 0 radical (unpaired) electrons. The molecule has 4 aromatic carbocycles. The molecule has 0 N–H and O–H groups in total. The third-order valence-corrected chi connectivity index (χ3v) is 10.2. The molecule has 0 unspecified atom stereocenters. The Hall–Kier alpha value is -2.47. The van der Waals surface area contributed by atoms with E-state index in [0.717, 1.165) is 0 Å². The van der Waals surface area contributed by atoms with Crippen molar-refractivity contribution in [1.29, 1.82) is 0 Å². The average Bonchev–Trinajstić information content (AvgIpc) is 2.76. The molecule has 0 aliphatic rings. The summed E-state index contributed by atoms with van der Waals surface area (Å²) < 4.78 is 0. The van der Waals surface area contributed by atoms with Crippen LogP contribution in [0.2, 0.25) is 0 Å². The zero-order chi connectivity index (χ0) is 18.5. The molecule has 0 aliphatic carbocycles. The number of benzene rings is 4. The summed E-state index contributed by atoms with van der Waals surface area (Å²) >= 11 is 6.63. The SMILES string of the molecule is S=P(c1ccccc1)(c1ccccc1)C(c1ccccc1)c1ccccc1. The highest BCUT2D eigenvalue weighted by molar-refractivity contribution is 8.22. The zero-order valence-electron chi connectivity index (χ0n) is 15.0. The molecule has 132 valence electrons. The molecule has 0 saturated carbocycles. The minimum Gasteiger partial charge on any atom is -0.0866 e. The number of hydrogen-bond acceptors (Lipinski definition) is 1. The van der Waals surface area contributed by atoms with Gasteiger partial charge in [0.2, 0.25) is 0 Å². The van der Waals surface area contributed by atoms with Crippen LogP contribution in [0.25, 0.3) is 0 Å². The van der Waals surface area contributed by atoms with E-state index in [2.05, 4.69) is 121 Å². The maximum Gasteiger partial charge on any atom is 0.0457 e. The molecule has 4 rings (SSSR count). The Labute approximate surface area is 166 Å². The van der Waals surface area contributed by atoms with E-state index in [1.165, 1.54) is 21.7 Å². The first-order chi connectivity index (χ1) is 13.3. The van der Waals surface area contributed by atoms with Gasteiger partial charge in [-0.2, -0.15) is 0 Å². The average molecular weight is 384 g/mol. The lowest BCUT2D eigenvalue weighted by Gasteiger charge is -2.33. The van der Waals surface area contributed by atoms with Crippen LogP contribution >= 0.6 is 6.04 Å². The van der Waals surface area contributed by atoms with E-state index in [0.29, 0.717) is 0 Å². The summed E-state index contributed by atoms with van der Waals surface area (Å²) in [7, 11) is 0. The second kappa shape index (κ2) is 8.05. The summed E-state index contributed by atoms with van der Waals surface area (Å²) in [6.45, 7) is 0. The Morgan fingerprint density at radius 1 is 0.444 bits per heavy atom. The van der Waals surface area contributed by atoms with Gasteiger partial charge in [0.15, 0.2) is 0 Å². The van der Waals surface area contributed by atoms with Gasteiger partial charge in [0.1, 0.15) is 0 Å². The van der Waals surface area contributed by atoms with Crippen molar-refractivity contribution in [3.8, 4) is 0 Å². The molecule has 0 saturated heterocycles. The molecule has 2 heteroatoms. The van der Waals surface area contributed by atoms with Crippen molar-refractivity contribution in [3.05, 3.63) is 132 Å². The first kappa shape index (κ1) is 17.9. The second-order valence-electron chi connectivity index (χ2n) is 6.55.